The number of carbonyl (C=O) groups excluding carboxylic acids is 1. The molecule has 1 aliphatic heterocycles. The summed E-state index contributed by atoms with van der Waals surface area (Å²) in [6.45, 7) is 6.14. The second-order valence-electron chi connectivity index (χ2n) is 4.99. The average molecular weight is 278 g/mol. The van der Waals surface area contributed by atoms with Crippen LogP contribution in [-0.2, 0) is 4.74 Å². The lowest BCUT2D eigenvalue weighted by atomic mass is 9.97. The van der Waals surface area contributed by atoms with Crippen LogP contribution in [0.4, 0.5) is 5.82 Å². The number of aromatic nitrogens is 2. The van der Waals surface area contributed by atoms with Crippen molar-refractivity contribution in [3.63, 3.8) is 0 Å². The number of nitrogens with zero attached hydrogens (tertiary/aromatic N) is 3. The lowest BCUT2D eigenvalue weighted by Crippen LogP contribution is -2.37. The molecule has 0 unspecified atom stereocenters. The summed E-state index contributed by atoms with van der Waals surface area (Å²) in [5.41, 5.74) is 0.264. The number of carbonyl (C=O) groups is 1. The second kappa shape index (κ2) is 7.19. The van der Waals surface area contributed by atoms with E-state index in [1.807, 2.05) is 0 Å². The van der Waals surface area contributed by atoms with Gasteiger partial charge in [-0.2, -0.15) is 0 Å². The van der Waals surface area contributed by atoms with Gasteiger partial charge in [0.25, 0.3) is 0 Å². The van der Waals surface area contributed by atoms with Gasteiger partial charge in [-0.3, -0.25) is 4.98 Å². The largest absolute Gasteiger partial charge is 0.464 e. The van der Waals surface area contributed by atoms with Crippen LogP contribution in [0.5, 0.6) is 0 Å². The van der Waals surface area contributed by atoms with Gasteiger partial charge in [-0.1, -0.05) is 6.92 Å². The van der Waals surface area contributed by atoms with Gasteiger partial charge in [0.1, 0.15) is 5.82 Å². The van der Waals surface area contributed by atoms with Crippen LogP contribution >= 0.6 is 0 Å². The fraction of sp³-hybridized carbons (Fsp3) is 0.643. The second-order valence-corrected chi connectivity index (χ2v) is 4.99. The molecule has 1 saturated heterocycles. The molecule has 20 heavy (non-hydrogen) atoms. The molecule has 1 aliphatic rings. The summed E-state index contributed by atoms with van der Waals surface area (Å²) in [6.07, 6.45) is 5.42. The van der Waals surface area contributed by atoms with E-state index in [2.05, 4.69) is 31.8 Å². The Morgan fingerprint density at radius 3 is 2.85 bits per heavy atom. The number of hydrogen-bond acceptors (Lipinski definition) is 6. The molecular weight excluding hydrogens is 256 g/mol. The fourth-order valence-electron chi connectivity index (χ4n) is 2.43. The molecule has 0 saturated carbocycles. The SMILES string of the molecule is CCNCC1CCN(c2cncc(C(=O)OC)n2)CC1. The number of anilines is 1. The molecule has 0 spiro atoms. The monoisotopic (exact) mass is 278 g/mol. The Morgan fingerprint density at radius 1 is 1.45 bits per heavy atom. The molecule has 110 valence electrons. The van der Waals surface area contributed by atoms with Crippen molar-refractivity contribution in [1.82, 2.24) is 15.3 Å². The minimum Gasteiger partial charge on any atom is -0.464 e. The summed E-state index contributed by atoms with van der Waals surface area (Å²) in [5, 5.41) is 3.40. The highest BCUT2D eigenvalue weighted by molar-refractivity contribution is 5.87. The Balaban J connectivity index is 1.95. The summed E-state index contributed by atoms with van der Waals surface area (Å²) in [7, 11) is 1.35. The molecule has 2 rings (SSSR count). The van der Waals surface area contributed by atoms with Crippen molar-refractivity contribution >= 4 is 11.8 Å². The van der Waals surface area contributed by atoms with Crippen molar-refractivity contribution in [2.24, 2.45) is 5.92 Å². The molecule has 1 aromatic heterocycles. The number of piperidine rings is 1. The molecular formula is C14H22N4O2. The molecule has 0 aromatic carbocycles. The van der Waals surface area contributed by atoms with Crippen molar-refractivity contribution in [3.05, 3.63) is 18.1 Å². The topological polar surface area (TPSA) is 67.4 Å². The number of methoxy groups -OCH3 is 1. The Morgan fingerprint density at radius 2 is 2.20 bits per heavy atom. The third-order valence-corrected chi connectivity index (χ3v) is 3.64. The molecule has 1 fully saturated rings. The van der Waals surface area contributed by atoms with E-state index in [0.717, 1.165) is 50.8 Å². The normalized spacial score (nSPS) is 16.2. The van der Waals surface area contributed by atoms with Crippen LogP contribution in [0.2, 0.25) is 0 Å². The molecule has 0 aliphatic carbocycles. The predicted octanol–water partition coefficient (Wildman–Crippen LogP) is 1.09. The van der Waals surface area contributed by atoms with Crippen LogP contribution in [0.3, 0.4) is 0 Å². The van der Waals surface area contributed by atoms with E-state index in [-0.39, 0.29) is 5.69 Å². The maximum Gasteiger partial charge on any atom is 0.358 e. The van der Waals surface area contributed by atoms with Crippen molar-refractivity contribution < 1.29 is 9.53 Å². The number of esters is 1. The summed E-state index contributed by atoms with van der Waals surface area (Å²) < 4.78 is 4.67. The number of rotatable bonds is 5. The van der Waals surface area contributed by atoms with E-state index < -0.39 is 5.97 Å². The van der Waals surface area contributed by atoms with Crippen LogP contribution in [0.1, 0.15) is 30.3 Å². The third kappa shape index (κ3) is 3.66. The molecule has 6 heteroatoms. The highest BCUT2D eigenvalue weighted by Gasteiger charge is 2.20. The van der Waals surface area contributed by atoms with Crippen LogP contribution in [0, 0.1) is 5.92 Å². The minimum absolute atomic E-state index is 0.264. The van der Waals surface area contributed by atoms with E-state index in [4.69, 9.17) is 0 Å². The van der Waals surface area contributed by atoms with Gasteiger partial charge in [0.2, 0.25) is 0 Å². The van der Waals surface area contributed by atoms with Crippen LogP contribution in [-0.4, -0.2) is 49.2 Å². The number of hydrogen-bond donors (Lipinski definition) is 1. The first-order valence-electron chi connectivity index (χ1n) is 7.10. The lowest BCUT2D eigenvalue weighted by Gasteiger charge is -2.32. The summed E-state index contributed by atoms with van der Waals surface area (Å²) >= 11 is 0. The third-order valence-electron chi connectivity index (χ3n) is 3.64. The lowest BCUT2D eigenvalue weighted by molar-refractivity contribution is 0.0593. The van der Waals surface area contributed by atoms with E-state index in [1.165, 1.54) is 13.3 Å². The maximum absolute atomic E-state index is 11.5. The van der Waals surface area contributed by atoms with Gasteiger partial charge in [0, 0.05) is 13.1 Å². The summed E-state index contributed by atoms with van der Waals surface area (Å²) in [5.74, 6) is 1.04. The average Bonchev–Trinajstić information content (AvgIpc) is 2.52. The van der Waals surface area contributed by atoms with Gasteiger partial charge in [0.05, 0.1) is 19.5 Å². The maximum atomic E-state index is 11.5. The van der Waals surface area contributed by atoms with E-state index in [9.17, 15) is 4.79 Å². The number of nitrogens with one attached hydrogen (secondary N) is 1. The zero-order valence-corrected chi connectivity index (χ0v) is 12.1. The van der Waals surface area contributed by atoms with Gasteiger partial charge in [-0.25, -0.2) is 9.78 Å². The smallest absolute Gasteiger partial charge is 0.358 e. The Bertz CT molecular complexity index is 445. The molecule has 0 bridgehead atoms. The first kappa shape index (κ1) is 14.7. The molecule has 0 atom stereocenters. The van der Waals surface area contributed by atoms with Gasteiger partial charge >= 0.3 is 5.97 Å². The highest BCUT2D eigenvalue weighted by atomic mass is 16.5. The Labute approximate surface area is 119 Å². The molecule has 1 N–H and O–H groups in total. The number of ether oxygens (including phenoxy) is 1. The standard InChI is InChI=1S/C14H22N4O2/c1-3-15-8-11-4-6-18(7-5-11)13-10-16-9-12(17-13)14(19)20-2/h9-11,15H,3-8H2,1-2H3. The molecule has 0 radical (unpaired) electrons. The van der Waals surface area contributed by atoms with Crippen molar-refractivity contribution in [2.45, 2.75) is 19.8 Å². The quantitative estimate of drug-likeness (QED) is 0.813. The predicted molar refractivity (Wildman–Crippen MR) is 76.9 cm³/mol. The Kier molecular flexibility index (Phi) is 5.29. The van der Waals surface area contributed by atoms with Crippen LogP contribution in [0.25, 0.3) is 0 Å². The highest BCUT2D eigenvalue weighted by Crippen LogP contribution is 2.21. The molecule has 6 nitrogen and oxygen atoms in total. The summed E-state index contributed by atoms with van der Waals surface area (Å²) in [6, 6.07) is 0. The van der Waals surface area contributed by atoms with E-state index >= 15 is 0 Å². The molecule has 2 heterocycles. The van der Waals surface area contributed by atoms with Crippen molar-refractivity contribution in [3.8, 4) is 0 Å². The van der Waals surface area contributed by atoms with Gasteiger partial charge in [-0.15, -0.1) is 0 Å². The zero-order valence-electron chi connectivity index (χ0n) is 12.1. The first-order valence-corrected chi connectivity index (χ1v) is 7.10. The zero-order chi connectivity index (χ0) is 14.4. The van der Waals surface area contributed by atoms with Crippen LogP contribution < -0.4 is 10.2 Å². The fourth-order valence-corrected chi connectivity index (χ4v) is 2.43. The van der Waals surface area contributed by atoms with Crippen molar-refractivity contribution in [2.75, 3.05) is 38.2 Å². The van der Waals surface area contributed by atoms with E-state index in [1.54, 1.807) is 6.20 Å². The Hall–Kier alpha value is -1.69. The minimum atomic E-state index is -0.443. The van der Waals surface area contributed by atoms with Crippen molar-refractivity contribution in [1.29, 1.82) is 0 Å². The molecule has 0 amide bonds. The van der Waals surface area contributed by atoms with E-state index in [0.29, 0.717) is 0 Å². The summed E-state index contributed by atoms with van der Waals surface area (Å²) in [4.78, 5) is 22.1. The molecule has 1 aromatic rings. The first-order chi connectivity index (χ1) is 9.74. The van der Waals surface area contributed by atoms with Gasteiger partial charge in [0.15, 0.2) is 5.69 Å². The van der Waals surface area contributed by atoms with Gasteiger partial charge in [-0.05, 0) is 31.8 Å². The van der Waals surface area contributed by atoms with Gasteiger partial charge < -0.3 is 15.0 Å². The van der Waals surface area contributed by atoms with Crippen LogP contribution in [0.15, 0.2) is 12.4 Å².